The summed E-state index contributed by atoms with van der Waals surface area (Å²) in [5.74, 6) is -0.153. The van der Waals surface area contributed by atoms with Crippen LogP contribution in [-0.4, -0.2) is 18.4 Å². The molecule has 0 bridgehead atoms. The Hall–Kier alpha value is -1.84. The largest absolute Gasteiger partial charge is 0.352 e. The molecule has 2 amide bonds. The van der Waals surface area contributed by atoms with Crippen molar-refractivity contribution in [3.8, 4) is 0 Å². The Bertz CT molecular complexity index is 430. The average Bonchev–Trinajstić information content (AvgIpc) is 2.29. The number of amides is 2. The summed E-state index contributed by atoms with van der Waals surface area (Å²) < 4.78 is 0. The summed E-state index contributed by atoms with van der Waals surface area (Å²) in [6.45, 7) is 8.03. The Balaban J connectivity index is 2.72. The second-order valence-electron chi connectivity index (χ2n) is 5.14. The van der Waals surface area contributed by atoms with Crippen LogP contribution < -0.4 is 10.6 Å². The number of carbonyl (C=O) groups is 2. The average molecular weight is 248 g/mol. The quantitative estimate of drug-likeness (QED) is 0.863. The molecule has 0 radical (unpaired) electrons. The van der Waals surface area contributed by atoms with Gasteiger partial charge >= 0.3 is 0 Å². The second-order valence-corrected chi connectivity index (χ2v) is 5.14. The summed E-state index contributed by atoms with van der Waals surface area (Å²) >= 11 is 0. The first-order valence-corrected chi connectivity index (χ1v) is 6.04. The molecule has 4 nitrogen and oxygen atoms in total. The topological polar surface area (TPSA) is 58.2 Å². The molecule has 0 aromatic heterocycles. The van der Waals surface area contributed by atoms with Crippen LogP contribution in [0.5, 0.6) is 0 Å². The van der Waals surface area contributed by atoms with Gasteiger partial charge in [0.2, 0.25) is 5.91 Å². The maximum absolute atomic E-state index is 11.8. The SMILES string of the molecule is CCNC(=O)c1ccc(NC(=O)C(C)(C)C)cc1. The molecule has 0 spiro atoms. The molecule has 18 heavy (non-hydrogen) atoms. The summed E-state index contributed by atoms with van der Waals surface area (Å²) in [5, 5.41) is 5.53. The van der Waals surface area contributed by atoms with E-state index in [9.17, 15) is 9.59 Å². The number of rotatable bonds is 3. The summed E-state index contributed by atoms with van der Waals surface area (Å²) in [6.07, 6.45) is 0. The van der Waals surface area contributed by atoms with Gasteiger partial charge < -0.3 is 10.6 Å². The van der Waals surface area contributed by atoms with Gasteiger partial charge in [-0.05, 0) is 31.2 Å². The summed E-state index contributed by atoms with van der Waals surface area (Å²) in [6, 6.07) is 6.86. The van der Waals surface area contributed by atoms with E-state index >= 15 is 0 Å². The van der Waals surface area contributed by atoms with Crippen LogP contribution in [-0.2, 0) is 4.79 Å². The van der Waals surface area contributed by atoms with E-state index in [1.807, 2.05) is 27.7 Å². The summed E-state index contributed by atoms with van der Waals surface area (Å²) in [5.41, 5.74) is 0.853. The van der Waals surface area contributed by atoms with Gasteiger partial charge in [-0.3, -0.25) is 9.59 Å². The van der Waals surface area contributed by atoms with Gasteiger partial charge in [-0.2, -0.15) is 0 Å². The van der Waals surface area contributed by atoms with Gasteiger partial charge in [-0.15, -0.1) is 0 Å². The fourth-order valence-corrected chi connectivity index (χ4v) is 1.29. The van der Waals surface area contributed by atoms with Crippen LogP contribution in [0, 0.1) is 5.41 Å². The molecule has 1 aromatic rings. The van der Waals surface area contributed by atoms with Gasteiger partial charge in [0.05, 0.1) is 0 Å². The smallest absolute Gasteiger partial charge is 0.251 e. The molecule has 0 saturated carbocycles. The van der Waals surface area contributed by atoms with Crippen LogP contribution in [0.25, 0.3) is 0 Å². The van der Waals surface area contributed by atoms with E-state index in [-0.39, 0.29) is 11.8 Å². The Morgan fingerprint density at radius 1 is 1.11 bits per heavy atom. The molecule has 0 aliphatic carbocycles. The van der Waals surface area contributed by atoms with Crippen molar-refractivity contribution >= 4 is 17.5 Å². The zero-order valence-corrected chi connectivity index (χ0v) is 11.3. The number of hydrogen-bond acceptors (Lipinski definition) is 2. The first kappa shape index (κ1) is 14.2. The van der Waals surface area contributed by atoms with E-state index in [4.69, 9.17) is 0 Å². The molecule has 0 unspecified atom stereocenters. The van der Waals surface area contributed by atoms with Crippen LogP contribution in [0.15, 0.2) is 24.3 Å². The van der Waals surface area contributed by atoms with Crippen LogP contribution >= 0.6 is 0 Å². The molecule has 4 heteroatoms. The highest BCUT2D eigenvalue weighted by Gasteiger charge is 2.21. The maximum atomic E-state index is 11.8. The monoisotopic (exact) mass is 248 g/mol. The van der Waals surface area contributed by atoms with Crippen LogP contribution in [0.3, 0.4) is 0 Å². The molecule has 1 rings (SSSR count). The molecular formula is C14H20N2O2. The van der Waals surface area contributed by atoms with E-state index in [0.717, 1.165) is 0 Å². The minimum Gasteiger partial charge on any atom is -0.352 e. The summed E-state index contributed by atoms with van der Waals surface area (Å²) in [4.78, 5) is 23.3. The Morgan fingerprint density at radius 2 is 1.67 bits per heavy atom. The van der Waals surface area contributed by atoms with Crippen LogP contribution in [0.2, 0.25) is 0 Å². The Kier molecular flexibility index (Phi) is 4.48. The van der Waals surface area contributed by atoms with Crippen molar-refractivity contribution in [2.45, 2.75) is 27.7 Å². The molecular weight excluding hydrogens is 228 g/mol. The van der Waals surface area contributed by atoms with Gasteiger partial charge in [0.25, 0.3) is 5.91 Å². The Labute approximate surface area is 108 Å². The van der Waals surface area contributed by atoms with Crippen LogP contribution in [0.1, 0.15) is 38.1 Å². The lowest BCUT2D eigenvalue weighted by Crippen LogP contribution is -2.27. The normalized spacial score (nSPS) is 10.9. The summed E-state index contributed by atoms with van der Waals surface area (Å²) in [7, 11) is 0. The van der Waals surface area contributed by atoms with Crippen molar-refractivity contribution in [3.63, 3.8) is 0 Å². The zero-order chi connectivity index (χ0) is 13.8. The van der Waals surface area contributed by atoms with Gasteiger partial charge in [-0.25, -0.2) is 0 Å². The van der Waals surface area contributed by atoms with Crippen molar-refractivity contribution in [1.82, 2.24) is 5.32 Å². The molecule has 0 saturated heterocycles. The lowest BCUT2D eigenvalue weighted by molar-refractivity contribution is -0.123. The number of hydrogen-bond donors (Lipinski definition) is 2. The number of benzene rings is 1. The predicted molar refractivity (Wildman–Crippen MR) is 72.5 cm³/mol. The fourth-order valence-electron chi connectivity index (χ4n) is 1.29. The third-order valence-corrected chi connectivity index (χ3v) is 2.42. The van der Waals surface area contributed by atoms with E-state index in [1.54, 1.807) is 24.3 Å². The highest BCUT2D eigenvalue weighted by atomic mass is 16.2. The molecule has 98 valence electrons. The van der Waals surface area contributed by atoms with Crippen molar-refractivity contribution < 1.29 is 9.59 Å². The van der Waals surface area contributed by atoms with E-state index in [2.05, 4.69) is 10.6 Å². The number of anilines is 1. The third kappa shape index (κ3) is 3.87. The van der Waals surface area contributed by atoms with E-state index < -0.39 is 5.41 Å². The minimum atomic E-state index is -0.432. The molecule has 1 aromatic carbocycles. The Morgan fingerprint density at radius 3 is 2.11 bits per heavy atom. The van der Waals surface area contributed by atoms with Crippen molar-refractivity contribution in [2.75, 3.05) is 11.9 Å². The molecule has 0 fully saturated rings. The molecule has 0 aliphatic heterocycles. The van der Waals surface area contributed by atoms with Gasteiger partial charge in [0, 0.05) is 23.2 Å². The standard InChI is InChI=1S/C14H20N2O2/c1-5-15-12(17)10-6-8-11(9-7-10)16-13(18)14(2,3)4/h6-9H,5H2,1-4H3,(H,15,17)(H,16,18). The maximum Gasteiger partial charge on any atom is 0.251 e. The lowest BCUT2D eigenvalue weighted by atomic mass is 9.95. The molecule has 0 atom stereocenters. The first-order valence-electron chi connectivity index (χ1n) is 6.04. The van der Waals surface area contributed by atoms with E-state index in [1.165, 1.54) is 0 Å². The first-order chi connectivity index (χ1) is 8.34. The van der Waals surface area contributed by atoms with Crippen molar-refractivity contribution in [1.29, 1.82) is 0 Å². The van der Waals surface area contributed by atoms with Gasteiger partial charge in [0.15, 0.2) is 0 Å². The highest BCUT2D eigenvalue weighted by molar-refractivity contribution is 5.96. The fraction of sp³-hybridized carbons (Fsp3) is 0.429. The predicted octanol–water partition coefficient (Wildman–Crippen LogP) is 2.42. The minimum absolute atomic E-state index is 0.0479. The molecule has 0 heterocycles. The zero-order valence-electron chi connectivity index (χ0n) is 11.3. The highest BCUT2D eigenvalue weighted by Crippen LogP contribution is 2.17. The van der Waals surface area contributed by atoms with Gasteiger partial charge in [0.1, 0.15) is 0 Å². The molecule has 0 aliphatic rings. The molecule has 2 N–H and O–H groups in total. The number of nitrogens with one attached hydrogen (secondary N) is 2. The van der Waals surface area contributed by atoms with E-state index in [0.29, 0.717) is 17.8 Å². The van der Waals surface area contributed by atoms with Crippen LogP contribution in [0.4, 0.5) is 5.69 Å². The second kappa shape index (κ2) is 5.67. The number of carbonyl (C=O) groups excluding carboxylic acids is 2. The van der Waals surface area contributed by atoms with Gasteiger partial charge in [-0.1, -0.05) is 20.8 Å². The van der Waals surface area contributed by atoms with Crippen molar-refractivity contribution in [2.24, 2.45) is 5.41 Å². The lowest BCUT2D eigenvalue weighted by Gasteiger charge is -2.17. The third-order valence-electron chi connectivity index (χ3n) is 2.42. The van der Waals surface area contributed by atoms with Crippen molar-refractivity contribution in [3.05, 3.63) is 29.8 Å².